The molecule has 1 N–H and O–H groups in total. The summed E-state index contributed by atoms with van der Waals surface area (Å²) >= 11 is 12.5. The van der Waals surface area contributed by atoms with E-state index in [1.807, 2.05) is 20.8 Å². The standard InChI is InChI=1S/C30H35Cl2N3O4S/c1-5-17-33-30(37)28(6-2)34(19-23-11-12-24(31)18-27(23)32)29(36)20-35(25-13-7-21(3)8-14-25)40(38,39)26-15-9-22(4)10-16-26/h7-16,18,28H,5-6,17,19-20H2,1-4H3,(H,33,37). The Balaban J connectivity index is 2.06. The molecule has 0 aliphatic carbocycles. The highest BCUT2D eigenvalue weighted by atomic mass is 35.5. The van der Waals surface area contributed by atoms with Crippen LogP contribution in [-0.2, 0) is 26.2 Å². The molecule has 0 fully saturated rings. The van der Waals surface area contributed by atoms with Crippen molar-refractivity contribution in [1.29, 1.82) is 0 Å². The largest absolute Gasteiger partial charge is 0.354 e. The van der Waals surface area contributed by atoms with Crippen LogP contribution in [0.2, 0.25) is 10.0 Å². The van der Waals surface area contributed by atoms with Crippen molar-refractivity contribution >= 4 is 50.7 Å². The maximum atomic E-state index is 14.1. The van der Waals surface area contributed by atoms with E-state index in [1.54, 1.807) is 61.5 Å². The Bertz CT molecular complexity index is 1430. The normalized spacial score (nSPS) is 12.1. The number of carbonyl (C=O) groups is 2. The van der Waals surface area contributed by atoms with E-state index in [0.29, 0.717) is 34.3 Å². The van der Waals surface area contributed by atoms with E-state index in [9.17, 15) is 18.0 Å². The van der Waals surface area contributed by atoms with Crippen molar-refractivity contribution in [3.63, 3.8) is 0 Å². The molecule has 0 aromatic heterocycles. The van der Waals surface area contributed by atoms with Crippen LogP contribution in [0.15, 0.2) is 71.6 Å². The molecule has 1 atom stereocenters. The van der Waals surface area contributed by atoms with Crippen LogP contribution >= 0.6 is 23.2 Å². The number of benzene rings is 3. The summed E-state index contributed by atoms with van der Waals surface area (Å²) < 4.78 is 28.9. The van der Waals surface area contributed by atoms with Gasteiger partial charge in [-0.05, 0) is 68.7 Å². The molecular formula is C30H35Cl2N3O4S. The van der Waals surface area contributed by atoms with E-state index in [4.69, 9.17) is 23.2 Å². The van der Waals surface area contributed by atoms with E-state index >= 15 is 0 Å². The molecule has 7 nitrogen and oxygen atoms in total. The van der Waals surface area contributed by atoms with Crippen molar-refractivity contribution in [3.8, 4) is 0 Å². The molecule has 0 spiro atoms. The summed E-state index contributed by atoms with van der Waals surface area (Å²) in [4.78, 5) is 28.7. The maximum Gasteiger partial charge on any atom is 0.264 e. The van der Waals surface area contributed by atoms with Gasteiger partial charge in [0.05, 0.1) is 10.6 Å². The van der Waals surface area contributed by atoms with Gasteiger partial charge in [-0.3, -0.25) is 13.9 Å². The third-order valence-corrected chi connectivity index (χ3v) is 8.88. The van der Waals surface area contributed by atoms with Gasteiger partial charge < -0.3 is 10.2 Å². The highest BCUT2D eigenvalue weighted by molar-refractivity contribution is 7.92. The number of hydrogen-bond acceptors (Lipinski definition) is 4. The van der Waals surface area contributed by atoms with Gasteiger partial charge in [0.15, 0.2) is 0 Å². The predicted octanol–water partition coefficient (Wildman–Crippen LogP) is 6.14. The highest BCUT2D eigenvalue weighted by Crippen LogP contribution is 2.27. The number of anilines is 1. The van der Waals surface area contributed by atoms with Crippen LogP contribution in [0, 0.1) is 13.8 Å². The van der Waals surface area contributed by atoms with Crippen LogP contribution < -0.4 is 9.62 Å². The molecule has 10 heteroatoms. The molecule has 0 saturated heterocycles. The number of aryl methyl sites for hydroxylation is 2. The molecule has 3 rings (SSSR count). The second-order valence-electron chi connectivity index (χ2n) is 9.63. The molecular weight excluding hydrogens is 569 g/mol. The van der Waals surface area contributed by atoms with Gasteiger partial charge in [0, 0.05) is 23.1 Å². The van der Waals surface area contributed by atoms with Gasteiger partial charge in [-0.1, -0.05) is 78.5 Å². The number of rotatable bonds is 12. The summed E-state index contributed by atoms with van der Waals surface area (Å²) in [5.74, 6) is -0.855. The van der Waals surface area contributed by atoms with Gasteiger partial charge in [-0.2, -0.15) is 0 Å². The highest BCUT2D eigenvalue weighted by Gasteiger charge is 2.33. The fraction of sp³-hybridized carbons (Fsp3) is 0.333. The van der Waals surface area contributed by atoms with Gasteiger partial charge in [0.1, 0.15) is 12.6 Å². The zero-order chi connectivity index (χ0) is 29.4. The lowest BCUT2D eigenvalue weighted by molar-refractivity contribution is -0.140. The Hall–Kier alpha value is -3.07. The third kappa shape index (κ3) is 7.77. The van der Waals surface area contributed by atoms with Gasteiger partial charge in [0.25, 0.3) is 10.0 Å². The Morgan fingerprint density at radius 3 is 2.05 bits per heavy atom. The Labute approximate surface area is 247 Å². The van der Waals surface area contributed by atoms with Crippen LogP contribution in [0.3, 0.4) is 0 Å². The quantitative estimate of drug-likeness (QED) is 0.269. The summed E-state index contributed by atoms with van der Waals surface area (Å²) in [6.45, 7) is 7.45. The van der Waals surface area contributed by atoms with Crippen LogP contribution in [0.25, 0.3) is 0 Å². The molecule has 0 bridgehead atoms. The van der Waals surface area contributed by atoms with E-state index in [-0.39, 0.29) is 17.3 Å². The van der Waals surface area contributed by atoms with Gasteiger partial charge in [-0.15, -0.1) is 0 Å². The smallest absolute Gasteiger partial charge is 0.264 e. The third-order valence-electron chi connectivity index (χ3n) is 6.50. The number of halogens is 2. The maximum absolute atomic E-state index is 14.1. The summed E-state index contributed by atoms with van der Waals surface area (Å²) in [6, 6.07) is 17.5. The van der Waals surface area contributed by atoms with Crippen molar-refractivity contribution in [3.05, 3.63) is 93.5 Å². The molecule has 1 unspecified atom stereocenters. The average Bonchev–Trinajstić information content (AvgIpc) is 2.92. The Morgan fingerprint density at radius 2 is 1.50 bits per heavy atom. The fourth-order valence-electron chi connectivity index (χ4n) is 4.20. The summed E-state index contributed by atoms with van der Waals surface area (Å²) in [5, 5.41) is 3.65. The summed E-state index contributed by atoms with van der Waals surface area (Å²) in [7, 11) is -4.12. The van der Waals surface area contributed by atoms with Crippen molar-refractivity contribution in [2.24, 2.45) is 0 Å². The van der Waals surface area contributed by atoms with Crippen molar-refractivity contribution in [1.82, 2.24) is 10.2 Å². The summed E-state index contributed by atoms with van der Waals surface area (Å²) in [6.07, 6.45) is 1.05. The monoisotopic (exact) mass is 603 g/mol. The second kappa shape index (κ2) is 14.0. The minimum absolute atomic E-state index is 0.000789. The molecule has 3 aromatic rings. The molecule has 0 aliphatic heterocycles. The Morgan fingerprint density at radius 1 is 0.900 bits per heavy atom. The topological polar surface area (TPSA) is 86.8 Å². The molecule has 0 aliphatic rings. The van der Waals surface area contributed by atoms with E-state index in [2.05, 4.69) is 5.32 Å². The number of carbonyl (C=O) groups excluding carboxylic acids is 2. The van der Waals surface area contributed by atoms with Crippen LogP contribution in [-0.4, -0.2) is 44.3 Å². The van der Waals surface area contributed by atoms with E-state index < -0.39 is 28.5 Å². The first-order chi connectivity index (χ1) is 19.0. The van der Waals surface area contributed by atoms with Crippen molar-refractivity contribution < 1.29 is 18.0 Å². The molecule has 40 heavy (non-hydrogen) atoms. The van der Waals surface area contributed by atoms with Crippen molar-refractivity contribution in [2.75, 3.05) is 17.4 Å². The lowest BCUT2D eigenvalue weighted by atomic mass is 10.1. The summed E-state index contributed by atoms with van der Waals surface area (Å²) in [5.41, 5.74) is 2.78. The minimum Gasteiger partial charge on any atom is -0.354 e. The number of amides is 2. The van der Waals surface area contributed by atoms with Gasteiger partial charge >= 0.3 is 0 Å². The number of nitrogens with zero attached hydrogens (tertiary/aromatic N) is 2. The lowest BCUT2D eigenvalue weighted by Gasteiger charge is -2.33. The molecule has 0 radical (unpaired) electrons. The van der Waals surface area contributed by atoms with Crippen LogP contribution in [0.4, 0.5) is 5.69 Å². The van der Waals surface area contributed by atoms with Crippen LogP contribution in [0.5, 0.6) is 0 Å². The zero-order valence-corrected chi connectivity index (χ0v) is 25.5. The van der Waals surface area contributed by atoms with Gasteiger partial charge in [0.2, 0.25) is 11.8 Å². The van der Waals surface area contributed by atoms with Crippen molar-refractivity contribution in [2.45, 2.75) is 58.0 Å². The minimum atomic E-state index is -4.12. The van der Waals surface area contributed by atoms with Gasteiger partial charge in [-0.25, -0.2) is 8.42 Å². The first-order valence-electron chi connectivity index (χ1n) is 13.1. The Kier molecular flexibility index (Phi) is 11.0. The SMILES string of the molecule is CCCNC(=O)C(CC)N(Cc1ccc(Cl)cc1Cl)C(=O)CN(c1ccc(C)cc1)S(=O)(=O)c1ccc(C)cc1. The number of sulfonamides is 1. The van der Waals surface area contributed by atoms with E-state index in [0.717, 1.165) is 21.9 Å². The number of nitrogens with one attached hydrogen (secondary N) is 1. The average molecular weight is 605 g/mol. The zero-order valence-electron chi connectivity index (χ0n) is 23.2. The number of hydrogen-bond donors (Lipinski definition) is 1. The fourth-order valence-corrected chi connectivity index (χ4v) is 6.08. The molecule has 0 heterocycles. The molecule has 3 aromatic carbocycles. The van der Waals surface area contributed by atoms with Crippen LogP contribution in [0.1, 0.15) is 43.4 Å². The predicted molar refractivity (Wildman–Crippen MR) is 161 cm³/mol. The molecule has 0 saturated carbocycles. The first-order valence-corrected chi connectivity index (χ1v) is 15.3. The molecule has 2 amide bonds. The molecule has 214 valence electrons. The van der Waals surface area contributed by atoms with E-state index in [1.165, 1.54) is 17.0 Å². The lowest BCUT2D eigenvalue weighted by Crippen LogP contribution is -2.52. The second-order valence-corrected chi connectivity index (χ2v) is 12.3. The first kappa shape index (κ1) is 31.5.